The van der Waals surface area contributed by atoms with Crippen molar-refractivity contribution in [2.45, 2.75) is 232 Å². The van der Waals surface area contributed by atoms with Crippen LogP contribution in [-0.4, -0.2) is 6.29 Å². The summed E-state index contributed by atoms with van der Waals surface area (Å²) in [6.07, 6.45) is 49.7. The van der Waals surface area contributed by atoms with Crippen LogP contribution in [0.4, 0.5) is 0 Å². The fraction of sp³-hybridized carbons (Fsp3) is 0.974. The van der Waals surface area contributed by atoms with E-state index in [1.54, 1.807) is 0 Å². The molecule has 0 fully saturated rings. The standard InChI is InChI=1S/C38H75O/c1-3-5-7-9-11-13-15-17-19-21-23-25-27-29-31-33-35-38(37-39)36-34-32-30-28-26-24-22-20-18-16-14-12-10-8-6-4-2/h38H,3-36H2,1-2H3. The van der Waals surface area contributed by atoms with Gasteiger partial charge in [-0.15, -0.1) is 0 Å². The van der Waals surface area contributed by atoms with Gasteiger partial charge in [0, 0.05) is 5.92 Å². The first-order valence-corrected chi connectivity index (χ1v) is 18.7. The summed E-state index contributed by atoms with van der Waals surface area (Å²) in [5.74, 6) is 0.211. The molecule has 39 heavy (non-hydrogen) atoms. The molecule has 0 aromatic heterocycles. The van der Waals surface area contributed by atoms with E-state index in [-0.39, 0.29) is 5.92 Å². The number of carbonyl (C=O) groups excluding carboxylic acids is 1. The summed E-state index contributed by atoms with van der Waals surface area (Å²) in [6.45, 7) is 4.59. The molecule has 0 saturated carbocycles. The van der Waals surface area contributed by atoms with Crippen LogP contribution in [0.25, 0.3) is 0 Å². The summed E-state index contributed by atoms with van der Waals surface area (Å²) >= 11 is 0. The second-order valence-electron chi connectivity index (χ2n) is 13.0. The third-order valence-electron chi connectivity index (χ3n) is 8.98. The van der Waals surface area contributed by atoms with E-state index in [0.717, 1.165) is 12.8 Å². The fourth-order valence-electron chi connectivity index (χ4n) is 6.14. The Labute approximate surface area is 248 Å². The van der Waals surface area contributed by atoms with E-state index in [0.29, 0.717) is 0 Å². The molecular weight excluding hydrogens is 472 g/mol. The molecule has 0 N–H and O–H groups in total. The van der Waals surface area contributed by atoms with Crippen molar-refractivity contribution < 1.29 is 4.79 Å². The largest absolute Gasteiger partial charge is 0.291 e. The predicted molar refractivity (Wildman–Crippen MR) is 178 cm³/mol. The van der Waals surface area contributed by atoms with Gasteiger partial charge in [0.25, 0.3) is 0 Å². The molecule has 1 radical (unpaired) electrons. The zero-order chi connectivity index (χ0) is 28.3. The molecule has 0 rings (SSSR count). The first-order chi connectivity index (χ1) is 19.3. The molecule has 1 nitrogen and oxygen atoms in total. The van der Waals surface area contributed by atoms with E-state index < -0.39 is 0 Å². The van der Waals surface area contributed by atoms with Gasteiger partial charge in [-0.05, 0) is 12.8 Å². The zero-order valence-corrected chi connectivity index (χ0v) is 27.5. The van der Waals surface area contributed by atoms with Crippen molar-refractivity contribution in [1.82, 2.24) is 0 Å². The van der Waals surface area contributed by atoms with E-state index in [9.17, 15) is 4.79 Å². The summed E-state index contributed by atoms with van der Waals surface area (Å²) in [4.78, 5) is 11.4. The van der Waals surface area contributed by atoms with Gasteiger partial charge in [0.05, 0.1) is 0 Å². The van der Waals surface area contributed by atoms with Crippen LogP contribution < -0.4 is 0 Å². The van der Waals surface area contributed by atoms with Crippen LogP contribution in [0, 0.1) is 5.92 Å². The van der Waals surface area contributed by atoms with E-state index in [4.69, 9.17) is 0 Å². The topological polar surface area (TPSA) is 17.1 Å². The molecule has 0 aromatic rings. The van der Waals surface area contributed by atoms with Gasteiger partial charge in [0.2, 0.25) is 6.29 Å². The zero-order valence-electron chi connectivity index (χ0n) is 27.5. The highest BCUT2D eigenvalue weighted by Crippen LogP contribution is 2.19. The lowest BCUT2D eigenvalue weighted by atomic mass is 9.95. The van der Waals surface area contributed by atoms with Crippen LogP contribution in [0.1, 0.15) is 232 Å². The van der Waals surface area contributed by atoms with Crippen LogP contribution >= 0.6 is 0 Å². The normalized spacial score (nSPS) is 11.6. The summed E-state index contributed by atoms with van der Waals surface area (Å²) in [6, 6.07) is 0. The molecule has 0 spiro atoms. The Morgan fingerprint density at radius 3 is 0.667 bits per heavy atom. The molecule has 1 heteroatoms. The van der Waals surface area contributed by atoms with Gasteiger partial charge in [-0.3, -0.25) is 4.79 Å². The second-order valence-corrected chi connectivity index (χ2v) is 13.0. The van der Waals surface area contributed by atoms with Crippen LogP contribution in [0.3, 0.4) is 0 Å². The van der Waals surface area contributed by atoms with Gasteiger partial charge in [-0.2, -0.15) is 0 Å². The summed E-state index contributed by atoms with van der Waals surface area (Å²) in [5.41, 5.74) is 0. The lowest BCUT2D eigenvalue weighted by molar-refractivity contribution is 0.448. The van der Waals surface area contributed by atoms with Crippen molar-refractivity contribution in [3.63, 3.8) is 0 Å². The van der Waals surface area contributed by atoms with Gasteiger partial charge >= 0.3 is 0 Å². The maximum Gasteiger partial charge on any atom is 0.201 e. The average molecular weight is 548 g/mol. The monoisotopic (exact) mass is 548 g/mol. The molecule has 0 aromatic carbocycles. The maximum atomic E-state index is 11.4. The SMILES string of the molecule is CCCCCCCCCCCCCCCCCCC([C]=O)CCCCCCCCCCCCCCCCCC. The molecule has 0 atom stereocenters. The van der Waals surface area contributed by atoms with Crippen molar-refractivity contribution in [2.24, 2.45) is 5.92 Å². The average Bonchev–Trinajstić information content (AvgIpc) is 2.95. The van der Waals surface area contributed by atoms with Crippen molar-refractivity contribution >= 4 is 6.29 Å². The smallest absolute Gasteiger partial charge is 0.201 e. The van der Waals surface area contributed by atoms with Crippen LogP contribution in [0.5, 0.6) is 0 Å². The molecule has 0 aliphatic heterocycles. The lowest BCUT2D eigenvalue weighted by Gasteiger charge is -2.09. The molecular formula is C38H75O. The van der Waals surface area contributed by atoms with Crippen molar-refractivity contribution in [3.05, 3.63) is 0 Å². The summed E-state index contributed by atoms with van der Waals surface area (Å²) in [7, 11) is 0. The summed E-state index contributed by atoms with van der Waals surface area (Å²) < 4.78 is 0. The Bertz CT molecular complexity index is 394. The Balaban J connectivity index is 3.25. The number of unbranched alkanes of at least 4 members (excludes halogenated alkanes) is 30. The number of rotatable bonds is 35. The molecule has 0 aliphatic carbocycles. The van der Waals surface area contributed by atoms with Crippen LogP contribution in [0.15, 0.2) is 0 Å². The first kappa shape index (κ1) is 38.7. The molecule has 0 heterocycles. The molecule has 0 bridgehead atoms. The molecule has 233 valence electrons. The Hall–Kier alpha value is -0.330. The third kappa shape index (κ3) is 33.8. The van der Waals surface area contributed by atoms with Crippen molar-refractivity contribution in [1.29, 1.82) is 0 Å². The van der Waals surface area contributed by atoms with Gasteiger partial charge in [0.1, 0.15) is 0 Å². The highest BCUT2D eigenvalue weighted by Gasteiger charge is 2.08. The maximum absolute atomic E-state index is 11.4. The minimum Gasteiger partial charge on any atom is -0.291 e. The fourth-order valence-corrected chi connectivity index (χ4v) is 6.14. The van der Waals surface area contributed by atoms with Gasteiger partial charge in [0.15, 0.2) is 0 Å². The first-order valence-electron chi connectivity index (χ1n) is 18.7. The number of hydrogen-bond acceptors (Lipinski definition) is 1. The minimum absolute atomic E-state index is 0.211. The Morgan fingerprint density at radius 1 is 0.308 bits per heavy atom. The van der Waals surface area contributed by atoms with E-state index in [2.05, 4.69) is 20.1 Å². The van der Waals surface area contributed by atoms with Gasteiger partial charge in [-0.25, -0.2) is 0 Å². The van der Waals surface area contributed by atoms with E-state index in [1.165, 1.54) is 205 Å². The van der Waals surface area contributed by atoms with Gasteiger partial charge < -0.3 is 0 Å². The van der Waals surface area contributed by atoms with E-state index in [1.807, 2.05) is 0 Å². The van der Waals surface area contributed by atoms with Gasteiger partial charge in [-0.1, -0.05) is 219 Å². The third-order valence-corrected chi connectivity index (χ3v) is 8.98. The quantitative estimate of drug-likeness (QED) is 0.0721. The minimum atomic E-state index is 0.211. The Kier molecular flexibility index (Phi) is 35.4. The lowest BCUT2D eigenvalue weighted by Crippen LogP contribution is -2.02. The number of hydrogen-bond donors (Lipinski definition) is 0. The second kappa shape index (κ2) is 35.7. The van der Waals surface area contributed by atoms with Crippen LogP contribution in [0.2, 0.25) is 0 Å². The van der Waals surface area contributed by atoms with Crippen molar-refractivity contribution in [2.75, 3.05) is 0 Å². The van der Waals surface area contributed by atoms with Crippen molar-refractivity contribution in [3.8, 4) is 0 Å². The predicted octanol–water partition coefficient (Wildman–Crippen LogP) is 14.0. The summed E-state index contributed by atoms with van der Waals surface area (Å²) in [5, 5.41) is 0. The van der Waals surface area contributed by atoms with E-state index >= 15 is 0 Å². The molecule has 0 saturated heterocycles. The molecule has 0 aliphatic rings. The molecule has 0 unspecified atom stereocenters. The highest BCUT2D eigenvalue weighted by molar-refractivity contribution is 5.54. The van der Waals surface area contributed by atoms with Crippen LogP contribution in [-0.2, 0) is 4.79 Å². The highest BCUT2D eigenvalue weighted by atomic mass is 16.1. The molecule has 0 amide bonds. The Morgan fingerprint density at radius 2 is 0.487 bits per heavy atom.